The average Bonchev–Trinajstić information content (AvgIpc) is 2.48. The van der Waals surface area contributed by atoms with Gasteiger partial charge in [0.05, 0.1) is 0 Å². The predicted molar refractivity (Wildman–Crippen MR) is 87.7 cm³/mol. The van der Waals surface area contributed by atoms with Gasteiger partial charge in [-0.15, -0.1) is 0 Å². The molecule has 1 heterocycles. The van der Waals surface area contributed by atoms with Crippen molar-refractivity contribution in [2.75, 3.05) is 18.4 Å². The lowest BCUT2D eigenvalue weighted by molar-refractivity contribution is -0.145. The molecule has 1 unspecified atom stereocenters. The van der Waals surface area contributed by atoms with Crippen LogP contribution in [0.2, 0.25) is 0 Å². The van der Waals surface area contributed by atoms with Crippen molar-refractivity contribution in [2.24, 2.45) is 0 Å². The van der Waals surface area contributed by atoms with Gasteiger partial charge in [-0.05, 0) is 39.3 Å². The van der Waals surface area contributed by atoms with Gasteiger partial charge in [0.1, 0.15) is 11.6 Å². The number of hydrogen-bond acceptors (Lipinski definition) is 3. The van der Waals surface area contributed by atoms with Gasteiger partial charge in [0.25, 0.3) is 0 Å². The Bertz CT molecular complexity index is 552. The summed E-state index contributed by atoms with van der Waals surface area (Å²) in [6.07, 6.45) is 0.623. The molecule has 0 aliphatic carbocycles. The van der Waals surface area contributed by atoms with Crippen molar-refractivity contribution in [1.29, 1.82) is 0 Å². The summed E-state index contributed by atoms with van der Waals surface area (Å²) in [6, 6.07) is 7.56. The second-order valence-corrected chi connectivity index (χ2v) is 6.33. The van der Waals surface area contributed by atoms with Crippen LogP contribution in [0.15, 0.2) is 24.3 Å². The molecule has 2 amide bonds. The van der Waals surface area contributed by atoms with E-state index >= 15 is 0 Å². The number of nitrogens with one attached hydrogen (secondary N) is 2. The Labute approximate surface area is 132 Å². The Hall–Kier alpha value is -2.04. The minimum absolute atomic E-state index is 0.0465. The summed E-state index contributed by atoms with van der Waals surface area (Å²) < 4.78 is 0. The van der Waals surface area contributed by atoms with Gasteiger partial charge in [-0.25, -0.2) is 0 Å². The molecule has 0 saturated carbocycles. The first kappa shape index (κ1) is 16.3. The molecule has 1 fully saturated rings. The van der Waals surface area contributed by atoms with E-state index < -0.39 is 5.54 Å². The number of rotatable bonds is 4. The second-order valence-electron chi connectivity index (χ2n) is 6.33. The second kappa shape index (κ2) is 6.38. The molecule has 1 saturated heterocycles. The predicted octanol–water partition coefficient (Wildman–Crippen LogP) is 1.92. The maximum Gasteiger partial charge on any atom is 0.248 e. The van der Waals surface area contributed by atoms with Gasteiger partial charge in [-0.1, -0.05) is 24.6 Å². The molecular weight excluding hydrogens is 278 g/mol. The molecule has 2 rings (SSSR count). The van der Waals surface area contributed by atoms with Crippen LogP contribution in [-0.2, 0) is 9.59 Å². The van der Waals surface area contributed by atoms with Crippen LogP contribution >= 0.6 is 0 Å². The number of nitrogens with zero attached hydrogens (tertiary/aromatic N) is 1. The third-order valence-corrected chi connectivity index (χ3v) is 4.02. The van der Waals surface area contributed by atoms with Crippen LogP contribution in [0.4, 0.5) is 5.69 Å². The lowest BCUT2D eigenvalue weighted by atomic mass is 9.99. The fraction of sp³-hybridized carbons (Fsp3) is 0.529. The van der Waals surface area contributed by atoms with E-state index in [1.165, 1.54) is 5.56 Å². The van der Waals surface area contributed by atoms with Crippen LogP contribution in [0.3, 0.4) is 0 Å². The number of hydrogen-bond donors (Lipinski definition) is 2. The Kier molecular flexibility index (Phi) is 4.74. The van der Waals surface area contributed by atoms with E-state index in [2.05, 4.69) is 10.6 Å². The zero-order valence-electron chi connectivity index (χ0n) is 13.8. The zero-order valence-corrected chi connectivity index (χ0v) is 13.8. The van der Waals surface area contributed by atoms with Crippen molar-refractivity contribution >= 4 is 17.5 Å². The molecule has 1 aromatic carbocycles. The minimum atomic E-state index is -0.764. The Balaban J connectivity index is 2.15. The highest BCUT2D eigenvalue weighted by Crippen LogP contribution is 2.21. The maximum absolute atomic E-state index is 12.9. The van der Waals surface area contributed by atoms with Crippen LogP contribution in [0.25, 0.3) is 0 Å². The minimum Gasteiger partial charge on any atom is -0.372 e. The van der Waals surface area contributed by atoms with E-state index in [4.69, 9.17) is 0 Å². The van der Waals surface area contributed by atoms with Crippen LogP contribution in [0, 0.1) is 6.92 Å². The van der Waals surface area contributed by atoms with Crippen LogP contribution in [0.1, 0.15) is 32.8 Å². The third-order valence-electron chi connectivity index (χ3n) is 4.02. The van der Waals surface area contributed by atoms with Gasteiger partial charge in [0, 0.05) is 18.8 Å². The molecule has 0 spiro atoms. The van der Waals surface area contributed by atoms with E-state index in [9.17, 15) is 9.59 Å². The van der Waals surface area contributed by atoms with E-state index in [0.29, 0.717) is 19.5 Å². The largest absolute Gasteiger partial charge is 0.372 e. The molecule has 1 aliphatic rings. The van der Waals surface area contributed by atoms with Gasteiger partial charge in [-0.3, -0.25) is 9.59 Å². The van der Waals surface area contributed by atoms with E-state index in [1.54, 1.807) is 4.90 Å². The van der Waals surface area contributed by atoms with Gasteiger partial charge < -0.3 is 15.5 Å². The van der Waals surface area contributed by atoms with Crippen molar-refractivity contribution in [3.05, 3.63) is 29.8 Å². The summed E-state index contributed by atoms with van der Waals surface area (Å²) in [5.41, 5.74) is 1.31. The smallest absolute Gasteiger partial charge is 0.248 e. The first-order chi connectivity index (χ1) is 10.3. The fourth-order valence-corrected chi connectivity index (χ4v) is 2.77. The summed E-state index contributed by atoms with van der Waals surface area (Å²) in [5, 5.41) is 6.10. The lowest BCUT2D eigenvalue weighted by Crippen LogP contribution is -2.62. The standard InChI is InChI=1S/C17H25N3O2/c1-5-14-15(21)18-10-11-20(14)16(22)17(3,4)19-13-8-6-12(2)7-9-13/h6-9,14,19H,5,10-11H2,1-4H3,(H,18,21). The molecule has 120 valence electrons. The first-order valence-electron chi connectivity index (χ1n) is 7.79. The molecule has 0 aromatic heterocycles. The molecule has 0 bridgehead atoms. The molecule has 5 heteroatoms. The molecule has 1 aliphatic heterocycles. The van der Waals surface area contributed by atoms with Crippen molar-refractivity contribution in [3.8, 4) is 0 Å². The number of anilines is 1. The van der Waals surface area contributed by atoms with Crippen molar-refractivity contribution < 1.29 is 9.59 Å². The monoisotopic (exact) mass is 303 g/mol. The van der Waals surface area contributed by atoms with Crippen LogP contribution < -0.4 is 10.6 Å². The molecule has 1 aromatic rings. The first-order valence-corrected chi connectivity index (χ1v) is 7.79. The highest BCUT2D eigenvalue weighted by atomic mass is 16.2. The SMILES string of the molecule is CCC1C(=O)NCCN1C(=O)C(C)(C)Nc1ccc(C)cc1. The van der Waals surface area contributed by atoms with Gasteiger partial charge in [0.2, 0.25) is 11.8 Å². The Morgan fingerprint density at radius 3 is 2.59 bits per heavy atom. The highest BCUT2D eigenvalue weighted by Gasteiger charge is 2.39. The number of benzene rings is 1. The fourth-order valence-electron chi connectivity index (χ4n) is 2.77. The van der Waals surface area contributed by atoms with E-state index in [1.807, 2.05) is 52.0 Å². The van der Waals surface area contributed by atoms with Crippen LogP contribution in [-0.4, -0.2) is 41.4 Å². The van der Waals surface area contributed by atoms with Crippen molar-refractivity contribution in [1.82, 2.24) is 10.2 Å². The molecule has 5 nitrogen and oxygen atoms in total. The molecule has 1 atom stereocenters. The number of amides is 2. The number of piperazine rings is 1. The molecular formula is C17H25N3O2. The zero-order chi connectivity index (χ0) is 16.3. The van der Waals surface area contributed by atoms with Gasteiger partial charge in [0.15, 0.2) is 0 Å². The summed E-state index contributed by atoms with van der Waals surface area (Å²) in [7, 11) is 0. The number of aryl methyl sites for hydroxylation is 1. The topological polar surface area (TPSA) is 61.4 Å². The highest BCUT2D eigenvalue weighted by molar-refractivity contribution is 5.94. The van der Waals surface area contributed by atoms with Gasteiger partial charge >= 0.3 is 0 Å². The molecule has 0 radical (unpaired) electrons. The third kappa shape index (κ3) is 3.40. The average molecular weight is 303 g/mol. The van der Waals surface area contributed by atoms with Crippen molar-refractivity contribution in [2.45, 2.75) is 45.7 Å². The van der Waals surface area contributed by atoms with E-state index in [0.717, 1.165) is 5.69 Å². The number of carbonyl (C=O) groups excluding carboxylic acids is 2. The van der Waals surface area contributed by atoms with Crippen molar-refractivity contribution in [3.63, 3.8) is 0 Å². The normalized spacial score (nSPS) is 18.8. The maximum atomic E-state index is 12.9. The quantitative estimate of drug-likeness (QED) is 0.893. The summed E-state index contributed by atoms with van der Waals surface area (Å²) >= 11 is 0. The summed E-state index contributed by atoms with van der Waals surface area (Å²) in [4.78, 5) is 26.5. The van der Waals surface area contributed by atoms with Crippen LogP contribution in [0.5, 0.6) is 0 Å². The Morgan fingerprint density at radius 1 is 1.36 bits per heavy atom. The lowest BCUT2D eigenvalue weighted by Gasteiger charge is -2.39. The molecule has 22 heavy (non-hydrogen) atoms. The summed E-state index contributed by atoms with van der Waals surface area (Å²) in [5.74, 6) is -0.108. The summed E-state index contributed by atoms with van der Waals surface area (Å²) in [6.45, 7) is 8.74. The number of carbonyl (C=O) groups is 2. The molecule has 2 N–H and O–H groups in total. The van der Waals surface area contributed by atoms with E-state index in [-0.39, 0.29) is 17.9 Å². The Morgan fingerprint density at radius 2 is 2.00 bits per heavy atom. The van der Waals surface area contributed by atoms with Gasteiger partial charge in [-0.2, -0.15) is 0 Å².